The highest BCUT2D eigenvalue weighted by Gasteiger charge is 2.17. The van der Waals surface area contributed by atoms with E-state index in [0.29, 0.717) is 0 Å². The molecule has 90 valence electrons. The lowest BCUT2D eigenvalue weighted by Crippen LogP contribution is -2.25. The third-order valence-electron chi connectivity index (χ3n) is 2.73. The van der Waals surface area contributed by atoms with Gasteiger partial charge in [-0.25, -0.2) is 4.98 Å². The number of aromatic nitrogens is 1. The summed E-state index contributed by atoms with van der Waals surface area (Å²) in [5.74, 6) is 0.980. The summed E-state index contributed by atoms with van der Waals surface area (Å²) in [6.45, 7) is 8.25. The van der Waals surface area contributed by atoms with Crippen LogP contribution in [0.15, 0.2) is 18.3 Å². The van der Waals surface area contributed by atoms with Gasteiger partial charge in [-0.15, -0.1) is 0 Å². The zero-order valence-electron chi connectivity index (χ0n) is 10.7. The van der Waals surface area contributed by atoms with Crippen LogP contribution in [0.5, 0.6) is 0 Å². The molecule has 1 aromatic heterocycles. The average molecular weight is 222 g/mol. The van der Waals surface area contributed by atoms with Crippen molar-refractivity contribution in [3.8, 4) is 0 Å². The number of pyridine rings is 1. The summed E-state index contributed by atoms with van der Waals surface area (Å²) in [5.41, 5.74) is 1.41. The molecule has 3 nitrogen and oxygen atoms in total. The molecule has 0 aliphatic carbocycles. The van der Waals surface area contributed by atoms with Gasteiger partial charge in [-0.2, -0.15) is 0 Å². The molecule has 0 radical (unpaired) electrons. The Kier molecular flexibility index (Phi) is 4.74. The fourth-order valence-electron chi connectivity index (χ4n) is 1.46. The predicted octanol–water partition coefficient (Wildman–Crippen LogP) is 2.86. The van der Waals surface area contributed by atoms with Crippen molar-refractivity contribution in [1.29, 1.82) is 0 Å². The molecule has 0 amide bonds. The molecular formula is C13H22N2O. The minimum atomic E-state index is 0.222. The van der Waals surface area contributed by atoms with Crippen LogP contribution in [0, 0.1) is 12.3 Å². The SMILES string of the molecule is COCCC(C)(C)CNc1ncccc1C. The van der Waals surface area contributed by atoms with Crippen molar-refractivity contribution < 1.29 is 4.74 Å². The van der Waals surface area contributed by atoms with Crippen molar-refractivity contribution in [3.05, 3.63) is 23.9 Å². The van der Waals surface area contributed by atoms with E-state index in [-0.39, 0.29) is 5.41 Å². The van der Waals surface area contributed by atoms with Crippen LogP contribution in [0.1, 0.15) is 25.8 Å². The Bertz CT molecular complexity index is 323. The van der Waals surface area contributed by atoms with Gasteiger partial charge in [-0.3, -0.25) is 0 Å². The lowest BCUT2D eigenvalue weighted by molar-refractivity contribution is 0.157. The summed E-state index contributed by atoms with van der Waals surface area (Å²) in [5, 5.41) is 3.40. The Balaban J connectivity index is 2.47. The van der Waals surface area contributed by atoms with Crippen LogP contribution < -0.4 is 5.32 Å². The fraction of sp³-hybridized carbons (Fsp3) is 0.615. The first-order valence-corrected chi connectivity index (χ1v) is 5.69. The topological polar surface area (TPSA) is 34.1 Å². The Morgan fingerprint density at radius 2 is 2.19 bits per heavy atom. The van der Waals surface area contributed by atoms with Gasteiger partial charge >= 0.3 is 0 Å². The van der Waals surface area contributed by atoms with Crippen LogP contribution in [0.4, 0.5) is 5.82 Å². The Labute approximate surface area is 98.2 Å². The summed E-state index contributed by atoms with van der Waals surface area (Å²) < 4.78 is 5.11. The summed E-state index contributed by atoms with van der Waals surface area (Å²) in [6.07, 6.45) is 2.86. The van der Waals surface area contributed by atoms with Gasteiger partial charge in [0.2, 0.25) is 0 Å². The third-order valence-corrected chi connectivity index (χ3v) is 2.73. The predicted molar refractivity (Wildman–Crippen MR) is 67.7 cm³/mol. The highest BCUT2D eigenvalue weighted by Crippen LogP contribution is 2.21. The number of rotatable bonds is 6. The smallest absolute Gasteiger partial charge is 0.128 e. The van der Waals surface area contributed by atoms with Gasteiger partial charge in [0.15, 0.2) is 0 Å². The number of hydrogen-bond donors (Lipinski definition) is 1. The molecule has 0 unspecified atom stereocenters. The van der Waals surface area contributed by atoms with Gasteiger partial charge in [0.1, 0.15) is 5.82 Å². The minimum Gasteiger partial charge on any atom is -0.385 e. The lowest BCUT2D eigenvalue weighted by atomic mass is 9.89. The van der Waals surface area contributed by atoms with E-state index in [1.807, 2.05) is 12.3 Å². The summed E-state index contributed by atoms with van der Waals surface area (Å²) in [6, 6.07) is 4.02. The van der Waals surface area contributed by atoms with Crippen LogP contribution in [0.3, 0.4) is 0 Å². The molecule has 0 saturated carbocycles. The zero-order chi connectivity index (χ0) is 12.0. The van der Waals surface area contributed by atoms with Crippen molar-refractivity contribution in [2.45, 2.75) is 27.2 Å². The Hall–Kier alpha value is -1.09. The van der Waals surface area contributed by atoms with Gasteiger partial charge < -0.3 is 10.1 Å². The normalized spacial score (nSPS) is 11.5. The molecule has 1 aromatic rings. The van der Waals surface area contributed by atoms with Crippen molar-refractivity contribution in [1.82, 2.24) is 4.98 Å². The molecule has 0 aliphatic rings. The number of nitrogens with one attached hydrogen (secondary N) is 1. The number of methoxy groups -OCH3 is 1. The third kappa shape index (κ3) is 4.19. The highest BCUT2D eigenvalue weighted by molar-refractivity contribution is 5.42. The van der Waals surface area contributed by atoms with Crippen LogP contribution in [-0.4, -0.2) is 25.2 Å². The second-order valence-electron chi connectivity index (χ2n) is 4.93. The molecule has 0 spiro atoms. The lowest BCUT2D eigenvalue weighted by Gasteiger charge is -2.25. The molecule has 0 aliphatic heterocycles. The van der Waals surface area contributed by atoms with Crippen molar-refractivity contribution in [2.24, 2.45) is 5.41 Å². The fourth-order valence-corrected chi connectivity index (χ4v) is 1.46. The van der Waals surface area contributed by atoms with E-state index >= 15 is 0 Å². The van der Waals surface area contributed by atoms with E-state index in [0.717, 1.165) is 25.4 Å². The van der Waals surface area contributed by atoms with E-state index in [9.17, 15) is 0 Å². The number of hydrogen-bond acceptors (Lipinski definition) is 3. The summed E-state index contributed by atoms with van der Waals surface area (Å²) in [7, 11) is 1.74. The summed E-state index contributed by atoms with van der Waals surface area (Å²) in [4.78, 5) is 4.32. The van der Waals surface area contributed by atoms with E-state index in [1.54, 1.807) is 7.11 Å². The maximum absolute atomic E-state index is 5.11. The summed E-state index contributed by atoms with van der Waals surface area (Å²) >= 11 is 0. The largest absolute Gasteiger partial charge is 0.385 e. The maximum atomic E-state index is 5.11. The molecule has 0 aromatic carbocycles. The first-order chi connectivity index (χ1) is 7.55. The molecule has 1 heterocycles. The van der Waals surface area contributed by atoms with Crippen LogP contribution in [-0.2, 0) is 4.74 Å². The standard InChI is InChI=1S/C13H22N2O/c1-11-6-5-8-14-12(11)15-10-13(2,3)7-9-16-4/h5-6,8H,7,9-10H2,1-4H3,(H,14,15). The van der Waals surface area contributed by atoms with Crippen molar-refractivity contribution >= 4 is 5.82 Å². The van der Waals surface area contributed by atoms with E-state index < -0.39 is 0 Å². The van der Waals surface area contributed by atoms with E-state index in [1.165, 1.54) is 5.56 Å². The van der Waals surface area contributed by atoms with Gasteiger partial charge in [0.05, 0.1) is 0 Å². The van der Waals surface area contributed by atoms with Crippen LogP contribution >= 0.6 is 0 Å². The maximum Gasteiger partial charge on any atom is 0.128 e. The number of ether oxygens (including phenoxy) is 1. The van der Waals surface area contributed by atoms with Gasteiger partial charge in [0.25, 0.3) is 0 Å². The van der Waals surface area contributed by atoms with Crippen molar-refractivity contribution in [2.75, 3.05) is 25.6 Å². The van der Waals surface area contributed by atoms with Gasteiger partial charge in [-0.05, 0) is 30.4 Å². The van der Waals surface area contributed by atoms with Crippen LogP contribution in [0.25, 0.3) is 0 Å². The monoisotopic (exact) mass is 222 g/mol. The Morgan fingerprint density at radius 3 is 2.81 bits per heavy atom. The number of anilines is 1. The molecule has 0 atom stereocenters. The minimum absolute atomic E-state index is 0.222. The zero-order valence-corrected chi connectivity index (χ0v) is 10.7. The number of aryl methyl sites for hydroxylation is 1. The Morgan fingerprint density at radius 1 is 1.44 bits per heavy atom. The van der Waals surface area contributed by atoms with Gasteiger partial charge in [0, 0.05) is 26.5 Å². The average Bonchev–Trinajstić information content (AvgIpc) is 2.26. The van der Waals surface area contributed by atoms with Crippen LogP contribution in [0.2, 0.25) is 0 Å². The number of nitrogens with zero attached hydrogens (tertiary/aromatic N) is 1. The first-order valence-electron chi connectivity index (χ1n) is 5.69. The molecule has 0 fully saturated rings. The molecule has 3 heteroatoms. The van der Waals surface area contributed by atoms with E-state index in [2.05, 4.69) is 37.1 Å². The van der Waals surface area contributed by atoms with E-state index in [4.69, 9.17) is 4.74 Å². The molecular weight excluding hydrogens is 200 g/mol. The first kappa shape index (κ1) is 13.0. The van der Waals surface area contributed by atoms with Crippen molar-refractivity contribution in [3.63, 3.8) is 0 Å². The highest BCUT2D eigenvalue weighted by atomic mass is 16.5. The molecule has 1 N–H and O–H groups in total. The molecule has 1 rings (SSSR count). The van der Waals surface area contributed by atoms with Gasteiger partial charge in [-0.1, -0.05) is 19.9 Å². The molecule has 16 heavy (non-hydrogen) atoms. The second-order valence-corrected chi connectivity index (χ2v) is 4.93. The second kappa shape index (κ2) is 5.85. The quantitative estimate of drug-likeness (QED) is 0.803. The molecule has 0 bridgehead atoms. The molecule has 0 saturated heterocycles.